The minimum atomic E-state index is -3.67. The summed E-state index contributed by atoms with van der Waals surface area (Å²) in [5.74, 6) is -0.736. The number of nitrogens with one attached hydrogen (secondary N) is 2. The van der Waals surface area contributed by atoms with Crippen LogP contribution in [0.1, 0.15) is 32.3 Å². The van der Waals surface area contributed by atoms with Crippen molar-refractivity contribution >= 4 is 21.8 Å². The molecule has 0 bridgehead atoms. The maximum absolute atomic E-state index is 13.1. The van der Waals surface area contributed by atoms with Crippen molar-refractivity contribution in [1.29, 1.82) is 0 Å². The second-order valence-electron chi connectivity index (χ2n) is 8.91. The molecule has 178 valence electrons. The molecule has 1 fully saturated rings. The fourth-order valence-electron chi connectivity index (χ4n) is 3.89. The summed E-state index contributed by atoms with van der Waals surface area (Å²) in [5.41, 5.74) is 0.944. The Kier molecular flexibility index (Phi) is 8.63. The van der Waals surface area contributed by atoms with Crippen molar-refractivity contribution < 1.29 is 18.0 Å². The quantitative estimate of drug-likeness (QED) is 0.588. The van der Waals surface area contributed by atoms with E-state index in [9.17, 15) is 18.0 Å². The van der Waals surface area contributed by atoms with Crippen molar-refractivity contribution in [3.8, 4) is 0 Å². The van der Waals surface area contributed by atoms with Crippen molar-refractivity contribution in [3.63, 3.8) is 0 Å². The van der Waals surface area contributed by atoms with Crippen molar-refractivity contribution in [3.05, 3.63) is 66.2 Å². The minimum absolute atomic E-state index is 0.106. The number of hydrogen-bond donors (Lipinski definition) is 2. The normalized spacial score (nSPS) is 18.0. The van der Waals surface area contributed by atoms with Gasteiger partial charge in [0.15, 0.2) is 0 Å². The second kappa shape index (κ2) is 11.4. The molecule has 0 aromatic heterocycles. The van der Waals surface area contributed by atoms with E-state index in [1.807, 2.05) is 44.2 Å². The molecule has 2 aromatic carbocycles. The molecular formula is C25H33N3O4S. The van der Waals surface area contributed by atoms with E-state index in [2.05, 4.69) is 10.6 Å². The van der Waals surface area contributed by atoms with Crippen molar-refractivity contribution in [2.24, 2.45) is 11.8 Å². The molecule has 0 aliphatic carbocycles. The Morgan fingerprint density at radius 1 is 1.03 bits per heavy atom. The molecule has 2 N–H and O–H groups in total. The van der Waals surface area contributed by atoms with Crippen LogP contribution in [0.2, 0.25) is 0 Å². The average molecular weight is 472 g/mol. The molecule has 1 aliphatic rings. The lowest BCUT2D eigenvalue weighted by Crippen LogP contribution is -2.52. The molecule has 2 aromatic rings. The summed E-state index contributed by atoms with van der Waals surface area (Å²) in [4.78, 5) is 26.2. The molecule has 0 spiro atoms. The zero-order valence-electron chi connectivity index (χ0n) is 19.2. The fraction of sp³-hybridized carbons (Fsp3) is 0.440. The zero-order chi connectivity index (χ0) is 23.8. The van der Waals surface area contributed by atoms with Crippen LogP contribution in [-0.4, -0.2) is 50.2 Å². The smallest absolute Gasteiger partial charge is 0.243 e. The summed E-state index contributed by atoms with van der Waals surface area (Å²) in [6.45, 7) is 5.02. The van der Waals surface area contributed by atoms with Gasteiger partial charge in [0.1, 0.15) is 6.04 Å². The van der Waals surface area contributed by atoms with Gasteiger partial charge in [-0.05, 0) is 36.5 Å². The van der Waals surface area contributed by atoms with Crippen molar-refractivity contribution in [1.82, 2.24) is 14.9 Å². The predicted molar refractivity (Wildman–Crippen MR) is 128 cm³/mol. The molecule has 3 rings (SSSR count). The van der Waals surface area contributed by atoms with Gasteiger partial charge in [-0.15, -0.1) is 0 Å². The van der Waals surface area contributed by atoms with Crippen LogP contribution in [0.25, 0.3) is 0 Å². The van der Waals surface area contributed by atoms with Crippen LogP contribution < -0.4 is 10.6 Å². The van der Waals surface area contributed by atoms with Gasteiger partial charge in [-0.1, -0.05) is 62.4 Å². The topological polar surface area (TPSA) is 95.6 Å². The monoisotopic (exact) mass is 471 g/mol. The Hall–Kier alpha value is -2.71. The van der Waals surface area contributed by atoms with E-state index in [1.54, 1.807) is 30.3 Å². The van der Waals surface area contributed by atoms with Gasteiger partial charge in [0, 0.05) is 26.1 Å². The number of nitrogens with zero attached hydrogens (tertiary/aromatic N) is 1. The molecule has 2 unspecified atom stereocenters. The minimum Gasteiger partial charge on any atom is -0.354 e. The molecular weight excluding hydrogens is 438 g/mol. The van der Waals surface area contributed by atoms with Crippen LogP contribution in [0.5, 0.6) is 0 Å². The number of rotatable bonds is 9. The van der Waals surface area contributed by atoms with Gasteiger partial charge < -0.3 is 10.6 Å². The van der Waals surface area contributed by atoms with Crippen LogP contribution in [0.4, 0.5) is 0 Å². The first kappa shape index (κ1) is 24.9. The number of carbonyl (C=O) groups excluding carboxylic acids is 2. The molecule has 8 heteroatoms. The third kappa shape index (κ3) is 6.88. The maximum Gasteiger partial charge on any atom is 0.243 e. The van der Waals surface area contributed by atoms with Gasteiger partial charge in [0.2, 0.25) is 21.8 Å². The lowest BCUT2D eigenvalue weighted by atomic mass is 9.97. The van der Waals surface area contributed by atoms with Crippen LogP contribution >= 0.6 is 0 Å². The Morgan fingerprint density at radius 3 is 2.30 bits per heavy atom. The zero-order valence-corrected chi connectivity index (χ0v) is 20.1. The Morgan fingerprint density at radius 2 is 1.67 bits per heavy atom. The molecule has 1 saturated heterocycles. The van der Waals surface area contributed by atoms with Gasteiger partial charge in [0.25, 0.3) is 0 Å². The summed E-state index contributed by atoms with van der Waals surface area (Å²) in [6.07, 6.45) is 1.54. The number of amides is 2. The van der Waals surface area contributed by atoms with Gasteiger partial charge in [-0.3, -0.25) is 9.59 Å². The SMILES string of the molecule is CC(C)CNC(=O)C(Cc1ccccc1)NC(=O)C1CCCN(S(=O)(=O)c2ccccc2)C1. The van der Waals surface area contributed by atoms with E-state index in [1.165, 1.54) is 4.31 Å². The van der Waals surface area contributed by atoms with Gasteiger partial charge in [0.05, 0.1) is 10.8 Å². The summed E-state index contributed by atoms with van der Waals surface area (Å²) < 4.78 is 27.4. The molecule has 2 amide bonds. The van der Waals surface area contributed by atoms with Gasteiger partial charge >= 0.3 is 0 Å². The Balaban J connectivity index is 1.70. The lowest BCUT2D eigenvalue weighted by Gasteiger charge is -2.32. The summed E-state index contributed by atoms with van der Waals surface area (Å²) in [6, 6.07) is 17.1. The standard InChI is InChI=1S/C25H33N3O4S/c1-19(2)17-26-25(30)23(16-20-10-5-3-6-11-20)27-24(29)21-12-9-15-28(18-21)33(31,32)22-13-7-4-8-14-22/h3-8,10-11,13-14,19,21,23H,9,12,15-18H2,1-2H3,(H,26,30)(H,27,29). The van der Waals surface area contributed by atoms with E-state index in [4.69, 9.17) is 0 Å². The number of hydrogen-bond acceptors (Lipinski definition) is 4. The first-order valence-corrected chi connectivity index (χ1v) is 12.9. The Labute approximate surface area is 196 Å². The molecule has 0 radical (unpaired) electrons. The average Bonchev–Trinajstić information content (AvgIpc) is 2.83. The maximum atomic E-state index is 13.1. The third-order valence-corrected chi connectivity index (χ3v) is 7.62. The molecule has 33 heavy (non-hydrogen) atoms. The van der Waals surface area contributed by atoms with E-state index in [-0.39, 0.29) is 29.2 Å². The number of sulfonamides is 1. The largest absolute Gasteiger partial charge is 0.354 e. The molecule has 2 atom stereocenters. The van der Waals surface area contributed by atoms with Crippen molar-refractivity contribution in [2.45, 2.75) is 44.0 Å². The summed E-state index contributed by atoms with van der Waals surface area (Å²) in [7, 11) is -3.67. The van der Waals surface area contributed by atoms with Gasteiger partial charge in [-0.2, -0.15) is 4.31 Å². The van der Waals surface area contributed by atoms with E-state index >= 15 is 0 Å². The van der Waals surface area contributed by atoms with Crippen molar-refractivity contribution in [2.75, 3.05) is 19.6 Å². The van der Waals surface area contributed by atoms with E-state index in [0.29, 0.717) is 32.4 Å². The first-order valence-electron chi connectivity index (χ1n) is 11.4. The highest BCUT2D eigenvalue weighted by Gasteiger charge is 2.34. The van der Waals surface area contributed by atoms with E-state index < -0.39 is 22.0 Å². The molecule has 1 heterocycles. The molecule has 7 nitrogen and oxygen atoms in total. The predicted octanol–water partition coefficient (Wildman–Crippen LogP) is 2.59. The number of piperidine rings is 1. The number of carbonyl (C=O) groups is 2. The van der Waals surface area contributed by atoms with Crippen LogP contribution in [-0.2, 0) is 26.0 Å². The highest BCUT2D eigenvalue weighted by molar-refractivity contribution is 7.89. The summed E-state index contributed by atoms with van der Waals surface area (Å²) >= 11 is 0. The Bertz CT molecular complexity index is 1030. The third-order valence-electron chi connectivity index (χ3n) is 5.74. The van der Waals surface area contributed by atoms with Crippen LogP contribution in [0, 0.1) is 11.8 Å². The number of benzene rings is 2. The molecule has 1 aliphatic heterocycles. The first-order chi connectivity index (χ1) is 15.8. The summed E-state index contributed by atoms with van der Waals surface area (Å²) in [5, 5.41) is 5.80. The second-order valence-corrected chi connectivity index (χ2v) is 10.8. The van der Waals surface area contributed by atoms with Gasteiger partial charge in [-0.25, -0.2) is 8.42 Å². The van der Waals surface area contributed by atoms with Crippen LogP contribution in [0.3, 0.4) is 0 Å². The molecule has 0 saturated carbocycles. The highest BCUT2D eigenvalue weighted by atomic mass is 32.2. The lowest BCUT2D eigenvalue weighted by molar-refractivity contribution is -0.131. The van der Waals surface area contributed by atoms with E-state index in [0.717, 1.165) is 5.56 Å². The highest BCUT2D eigenvalue weighted by Crippen LogP contribution is 2.24. The van der Waals surface area contributed by atoms with Crippen LogP contribution in [0.15, 0.2) is 65.6 Å². The fourth-order valence-corrected chi connectivity index (χ4v) is 5.44.